The van der Waals surface area contributed by atoms with Crippen molar-refractivity contribution in [2.45, 2.75) is 32.7 Å². The number of halogens is 5. The minimum atomic E-state index is -4.75. The maximum Gasteiger partial charge on any atom is 0.416 e. The van der Waals surface area contributed by atoms with Crippen molar-refractivity contribution >= 4 is 53.0 Å². The topological polar surface area (TPSA) is 106 Å². The Bertz CT molecular complexity index is 2140. The molecule has 4 aromatic carbocycles. The van der Waals surface area contributed by atoms with Crippen LogP contribution in [0.2, 0.25) is 10.0 Å². The van der Waals surface area contributed by atoms with Gasteiger partial charge in [0.1, 0.15) is 17.1 Å². The predicted octanol–water partition coefficient (Wildman–Crippen LogP) is 9.70. The zero-order chi connectivity index (χ0) is 37.0. The average molecular weight is 739 g/mol. The van der Waals surface area contributed by atoms with Gasteiger partial charge in [-0.2, -0.15) is 13.2 Å². The normalized spacial score (nSPS) is 11.6. The number of imidazole rings is 1. The second-order valence-corrected chi connectivity index (χ2v) is 12.5. The fourth-order valence-corrected chi connectivity index (χ4v) is 5.85. The van der Waals surface area contributed by atoms with E-state index in [2.05, 4.69) is 4.74 Å². The first-order valence-electron chi connectivity index (χ1n) is 15.5. The molecule has 5 aromatic rings. The molecule has 0 spiro atoms. The Morgan fingerprint density at radius 1 is 0.922 bits per heavy atom. The lowest BCUT2D eigenvalue weighted by Gasteiger charge is -2.15. The number of ether oxygens (including phenoxy) is 3. The maximum absolute atomic E-state index is 14.2. The summed E-state index contributed by atoms with van der Waals surface area (Å²) in [7, 11) is 2.56. The Morgan fingerprint density at radius 3 is 2.31 bits per heavy atom. The molecule has 8 nitrogen and oxygen atoms in total. The van der Waals surface area contributed by atoms with E-state index >= 15 is 0 Å². The number of aromatic nitrogens is 2. The molecule has 2 N–H and O–H groups in total. The summed E-state index contributed by atoms with van der Waals surface area (Å²) >= 11 is 12.6. The standard InChI is InChI=1S/C38H32Cl2F3N3O5/c1-21(2)51-37(48)29-12-9-23(17-34(29)49-3)27-11-5-22(15-32(27)44)6-14-35-45-33(28-13-10-26(39)18-31(28)40)20-46(35)19-25-8-7-24(36(47)50-4)16-30(25)38(41,42)43/h5-18,20-21H,19,44H2,1-4H3. The van der Waals surface area contributed by atoms with Crippen LogP contribution in [0.25, 0.3) is 34.5 Å². The summed E-state index contributed by atoms with van der Waals surface area (Å²) < 4.78 is 59.5. The molecule has 0 saturated heterocycles. The number of hydrogen-bond donors (Lipinski definition) is 1. The lowest BCUT2D eigenvalue weighted by Crippen LogP contribution is -2.14. The lowest BCUT2D eigenvalue weighted by molar-refractivity contribution is -0.138. The van der Waals surface area contributed by atoms with E-state index in [4.69, 9.17) is 43.4 Å². The quantitative estimate of drug-likeness (QED) is 0.112. The molecule has 0 aliphatic heterocycles. The third kappa shape index (κ3) is 8.56. The van der Waals surface area contributed by atoms with Gasteiger partial charge in [-0.1, -0.05) is 53.5 Å². The number of nitrogen functional groups attached to an aromatic ring is 1. The Hall–Kier alpha value is -5.26. The van der Waals surface area contributed by atoms with Crippen molar-refractivity contribution in [1.29, 1.82) is 0 Å². The number of hydrogen-bond acceptors (Lipinski definition) is 7. The number of carbonyl (C=O) groups excluding carboxylic acids is 2. The molecule has 0 saturated carbocycles. The first kappa shape index (κ1) is 37.0. The van der Waals surface area contributed by atoms with Crippen molar-refractivity contribution in [2.75, 3.05) is 20.0 Å². The number of carbonyl (C=O) groups is 2. The van der Waals surface area contributed by atoms with Crippen molar-refractivity contribution in [1.82, 2.24) is 9.55 Å². The van der Waals surface area contributed by atoms with Crippen molar-refractivity contribution in [3.8, 4) is 28.1 Å². The summed E-state index contributed by atoms with van der Waals surface area (Å²) in [6, 6.07) is 18.6. The Morgan fingerprint density at radius 2 is 1.67 bits per heavy atom. The average Bonchev–Trinajstić information content (AvgIpc) is 3.47. The molecule has 13 heteroatoms. The molecule has 0 amide bonds. The van der Waals surface area contributed by atoms with Gasteiger partial charge in [-0.05, 0) is 85.1 Å². The number of esters is 2. The van der Waals surface area contributed by atoms with Gasteiger partial charge >= 0.3 is 18.1 Å². The molecule has 1 aromatic heterocycles. The summed E-state index contributed by atoms with van der Waals surface area (Å²) in [5, 5.41) is 0.721. The smallest absolute Gasteiger partial charge is 0.416 e. The van der Waals surface area contributed by atoms with Crippen LogP contribution in [0.1, 0.15) is 57.1 Å². The second kappa shape index (κ2) is 15.3. The largest absolute Gasteiger partial charge is 0.496 e. The minimum Gasteiger partial charge on any atom is -0.496 e. The number of nitrogens with zero attached hydrogens (tertiary/aromatic N) is 2. The summed E-state index contributed by atoms with van der Waals surface area (Å²) in [6.07, 6.45) is -0.0813. The maximum atomic E-state index is 14.2. The highest BCUT2D eigenvalue weighted by molar-refractivity contribution is 6.36. The van der Waals surface area contributed by atoms with Crippen LogP contribution in [0.3, 0.4) is 0 Å². The van der Waals surface area contributed by atoms with E-state index in [9.17, 15) is 22.8 Å². The summed E-state index contributed by atoms with van der Waals surface area (Å²) in [5.74, 6) is -0.740. The molecule has 0 radical (unpaired) electrons. The van der Waals surface area contributed by atoms with Gasteiger partial charge in [0, 0.05) is 34.6 Å². The molecular weight excluding hydrogens is 706 g/mol. The van der Waals surface area contributed by atoms with Crippen molar-refractivity contribution < 1.29 is 37.0 Å². The van der Waals surface area contributed by atoms with Crippen LogP contribution in [0.4, 0.5) is 18.9 Å². The van der Waals surface area contributed by atoms with Crippen LogP contribution in [0.5, 0.6) is 5.75 Å². The summed E-state index contributed by atoms with van der Waals surface area (Å²) in [5.41, 5.74) is 8.88. The number of rotatable bonds is 10. The van der Waals surface area contributed by atoms with E-state index < -0.39 is 23.7 Å². The molecular formula is C38H32Cl2F3N3O5. The van der Waals surface area contributed by atoms with Gasteiger partial charge < -0.3 is 24.5 Å². The van der Waals surface area contributed by atoms with Crippen molar-refractivity contribution in [3.63, 3.8) is 0 Å². The van der Waals surface area contributed by atoms with Crippen LogP contribution in [-0.4, -0.2) is 41.8 Å². The van der Waals surface area contributed by atoms with Crippen LogP contribution in [0.15, 0.2) is 79.0 Å². The SMILES string of the molecule is COC(=O)c1ccc(Cn2cc(-c3ccc(Cl)cc3Cl)nc2C=Cc2ccc(-c3ccc(C(=O)OC(C)C)c(OC)c3)c(N)c2)c(C(F)(F)F)c1. The van der Waals surface area contributed by atoms with Gasteiger partial charge in [0.2, 0.25) is 0 Å². The molecule has 51 heavy (non-hydrogen) atoms. The minimum absolute atomic E-state index is 0.0940. The molecule has 0 atom stereocenters. The first-order valence-corrected chi connectivity index (χ1v) is 16.2. The lowest BCUT2D eigenvalue weighted by atomic mass is 9.99. The number of nitrogens with two attached hydrogens (primary N) is 1. The van der Waals surface area contributed by atoms with E-state index in [1.807, 2.05) is 6.07 Å². The molecule has 0 bridgehead atoms. The molecule has 5 rings (SSSR count). The third-order valence-corrected chi connectivity index (χ3v) is 8.31. The van der Waals surface area contributed by atoms with Gasteiger partial charge in [-0.3, -0.25) is 0 Å². The van der Waals surface area contributed by atoms with Crippen molar-refractivity contribution in [3.05, 3.63) is 123 Å². The van der Waals surface area contributed by atoms with Crippen molar-refractivity contribution in [2.24, 2.45) is 0 Å². The van der Waals surface area contributed by atoms with E-state index in [1.54, 1.807) is 85.3 Å². The monoisotopic (exact) mass is 737 g/mol. The number of alkyl halides is 3. The van der Waals surface area contributed by atoms with Gasteiger partial charge in [0.05, 0.1) is 42.2 Å². The number of methoxy groups -OCH3 is 2. The van der Waals surface area contributed by atoms with Crippen LogP contribution < -0.4 is 10.5 Å². The van der Waals surface area contributed by atoms with E-state index in [-0.39, 0.29) is 29.3 Å². The third-order valence-electron chi connectivity index (χ3n) is 7.77. The van der Waals surface area contributed by atoms with Gasteiger partial charge in [-0.15, -0.1) is 0 Å². The molecule has 264 valence electrons. The molecule has 0 unspecified atom stereocenters. The summed E-state index contributed by atoms with van der Waals surface area (Å²) in [4.78, 5) is 29.2. The number of benzene rings is 4. The molecule has 1 heterocycles. The Labute approximate surface area is 302 Å². The second-order valence-electron chi connectivity index (χ2n) is 11.6. The molecule has 0 fully saturated rings. The molecule has 0 aliphatic carbocycles. The highest BCUT2D eigenvalue weighted by Crippen LogP contribution is 2.36. The summed E-state index contributed by atoms with van der Waals surface area (Å²) in [6.45, 7) is 3.28. The van der Waals surface area contributed by atoms with Crippen LogP contribution in [0, 0.1) is 0 Å². The zero-order valence-electron chi connectivity index (χ0n) is 27.8. The highest BCUT2D eigenvalue weighted by Gasteiger charge is 2.34. The van der Waals surface area contributed by atoms with E-state index in [0.717, 1.165) is 13.2 Å². The van der Waals surface area contributed by atoms with E-state index in [0.29, 0.717) is 55.3 Å². The Kier molecular flexibility index (Phi) is 11.1. The highest BCUT2D eigenvalue weighted by atomic mass is 35.5. The first-order chi connectivity index (χ1) is 24.2. The van der Waals surface area contributed by atoms with Gasteiger partial charge in [-0.25, -0.2) is 14.6 Å². The van der Waals surface area contributed by atoms with Crippen LogP contribution in [-0.2, 0) is 22.2 Å². The van der Waals surface area contributed by atoms with Gasteiger partial charge in [0.25, 0.3) is 0 Å². The number of anilines is 1. The van der Waals surface area contributed by atoms with E-state index in [1.165, 1.54) is 19.2 Å². The fraction of sp³-hybridized carbons (Fsp3) is 0.184. The van der Waals surface area contributed by atoms with Gasteiger partial charge in [0.15, 0.2) is 0 Å². The molecule has 0 aliphatic rings. The fourth-order valence-electron chi connectivity index (χ4n) is 5.35. The Balaban J connectivity index is 1.51. The predicted molar refractivity (Wildman–Crippen MR) is 192 cm³/mol. The zero-order valence-corrected chi connectivity index (χ0v) is 29.4. The van der Waals surface area contributed by atoms with Crippen LogP contribution >= 0.6 is 23.2 Å².